The molecule has 1 aromatic carbocycles. The van der Waals surface area contributed by atoms with Crippen LogP contribution < -0.4 is 10.1 Å². The van der Waals surface area contributed by atoms with Gasteiger partial charge in [0.05, 0.1) is 35.0 Å². The number of hydrogen-bond acceptors (Lipinski definition) is 8. The van der Waals surface area contributed by atoms with E-state index in [-0.39, 0.29) is 18.4 Å². The van der Waals surface area contributed by atoms with Crippen LogP contribution in [0.2, 0.25) is 0 Å². The second-order valence-corrected chi connectivity index (χ2v) is 11.2. The molecular weight excluding hydrogens is 546 g/mol. The van der Waals surface area contributed by atoms with Crippen LogP contribution in [0.4, 0.5) is 5.95 Å². The number of rotatable bonds is 3. The molecule has 12 nitrogen and oxygen atoms in total. The van der Waals surface area contributed by atoms with Gasteiger partial charge < -0.3 is 19.1 Å². The Bertz CT molecular complexity index is 1680. The Hall–Kier alpha value is -4.55. The minimum atomic E-state index is -0.304. The molecule has 0 atom stereocenters. The van der Waals surface area contributed by atoms with Gasteiger partial charge in [-0.25, -0.2) is 9.67 Å². The molecule has 2 aliphatic heterocycles. The van der Waals surface area contributed by atoms with Gasteiger partial charge >= 0.3 is 0 Å². The normalized spacial score (nSPS) is 16.9. The number of fused-ring (bicyclic) bond motifs is 7. The minimum Gasteiger partial charge on any atom is -0.475 e. The average molecular weight is 584 g/mol. The van der Waals surface area contributed by atoms with Gasteiger partial charge in [0.1, 0.15) is 6.61 Å². The molecule has 0 saturated carbocycles. The van der Waals surface area contributed by atoms with E-state index in [9.17, 15) is 9.59 Å². The molecule has 0 spiro atoms. The molecular formula is C31H37N9O3. The van der Waals surface area contributed by atoms with Crippen LogP contribution in [0.1, 0.15) is 21.6 Å². The minimum absolute atomic E-state index is 0.201. The van der Waals surface area contributed by atoms with E-state index in [0.29, 0.717) is 54.0 Å². The maximum atomic E-state index is 13.7. The van der Waals surface area contributed by atoms with Crippen LogP contribution in [-0.4, -0.2) is 104 Å². The molecule has 5 heterocycles. The first kappa shape index (κ1) is 28.6. The van der Waals surface area contributed by atoms with Crippen molar-refractivity contribution in [3.63, 3.8) is 0 Å². The number of piperazine rings is 1. The summed E-state index contributed by atoms with van der Waals surface area (Å²) >= 11 is 0. The summed E-state index contributed by atoms with van der Waals surface area (Å²) in [7, 11) is 3.93. The summed E-state index contributed by atoms with van der Waals surface area (Å²) in [5, 5.41) is 7.39. The third-order valence-electron chi connectivity index (χ3n) is 8.10. The molecule has 224 valence electrons. The number of aromatic nitrogens is 5. The molecule has 4 aromatic rings. The molecule has 1 N–H and O–H groups in total. The predicted molar refractivity (Wildman–Crippen MR) is 164 cm³/mol. The van der Waals surface area contributed by atoms with Crippen molar-refractivity contribution < 1.29 is 14.3 Å². The number of likely N-dealkylation sites (N-methyl/N-ethyl adjacent to an activating group) is 1. The number of amides is 2. The van der Waals surface area contributed by atoms with Crippen molar-refractivity contribution in [3.05, 3.63) is 66.0 Å². The number of pyridine rings is 1. The highest BCUT2D eigenvalue weighted by Crippen LogP contribution is 2.30. The Morgan fingerprint density at radius 1 is 1.05 bits per heavy atom. The Kier molecular flexibility index (Phi) is 7.96. The topological polar surface area (TPSA) is 114 Å². The molecule has 0 radical (unpaired) electrons. The van der Waals surface area contributed by atoms with Crippen LogP contribution in [0.15, 0.2) is 49.2 Å². The molecule has 2 aliphatic rings. The Balaban J connectivity index is 1.39. The number of nitrogens with one attached hydrogen (secondary N) is 1. The third kappa shape index (κ3) is 6.02. The van der Waals surface area contributed by atoms with E-state index in [2.05, 4.69) is 51.0 Å². The largest absolute Gasteiger partial charge is 0.475 e. The molecule has 2 bridgehead atoms. The highest BCUT2D eigenvalue weighted by Gasteiger charge is 2.22. The van der Waals surface area contributed by atoms with Crippen LogP contribution in [0.3, 0.4) is 0 Å². The first-order chi connectivity index (χ1) is 20.8. The zero-order valence-electron chi connectivity index (χ0n) is 24.9. The second-order valence-electron chi connectivity index (χ2n) is 11.2. The molecule has 1 saturated heterocycles. The number of anilines is 1. The van der Waals surface area contributed by atoms with E-state index in [0.717, 1.165) is 43.8 Å². The summed E-state index contributed by atoms with van der Waals surface area (Å²) < 4.78 is 9.76. The number of hydrogen-bond donors (Lipinski definition) is 1. The molecule has 1 fully saturated rings. The number of nitrogens with zero attached hydrogens (tertiary/aromatic N) is 8. The highest BCUT2D eigenvalue weighted by atomic mass is 16.5. The lowest BCUT2D eigenvalue weighted by Gasteiger charge is -2.32. The fourth-order valence-electron chi connectivity index (χ4n) is 5.67. The second kappa shape index (κ2) is 12.0. The zero-order valence-corrected chi connectivity index (χ0v) is 24.9. The van der Waals surface area contributed by atoms with Crippen molar-refractivity contribution in [2.45, 2.75) is 20.0 Å². The Morgan fingerprint density at radius 3 is 2.65 bits per heavy atom. The van der Waals surface area contributed by atoms with Gasteiger partial charge in [0.15, 0.2) is 0 Å². The molecule has 0 unspecified atom stereocenters. The summed E-state index contributed by atoms with van der Waals surface area (Å²) in [4.78, 5) is 42.5. The van der Waals surface area contributed by atoms with E-state index < -0.39 is 0 Å². The van der Waals surface area contributed by atoms with Crippen LogP contribution in [0.5, 0.6) is 5.88 Å². The zero-order chi connectivity index (χ0) is 30.1. The Morgan fingerprint density at radius 2 is 1.86 bits per heavy atom. The van der Waals surface area contributed by atoms with Crippen molar-refractivity contribution in [1.82, 2.24) is 39.0 Å². The average Bonchev–Trinajstić information content (AvgIpc) is 3.53. The first-order valence-electron chi connectivity index (χ1n) is 14.6. The van der Waals surface area contributed by atoms with Crippen molar-refractivity contribution >= 4 is 28.8 Å². The van der Waals surface area contributed by atoms with Gasteiger partial charge in [-0.1, -0.05) is 12.6 Å². The molecule has 43 heavy (non-hydrogen) atoms. The van der Waals surface area contributed by atoms with Gasteiger partial charge in [-0.05, 0) is 49.9 Å². The number of carbonyl (C=O) groups is 2. The summed E-state index contributed by atoms with van der Waals surface area (Å²) in [6, 6.07) is 9.74. The third-order valence-corrected chi connectivity index (χ3v) is 8.10. The van der Waals surface area contributed by atoms with Crippen molar-refractivity contribution in [3.8, 4) is 17.1 Å². The summed E-state index contributed by atoms with van der Waals surface area (Å²) in [6.45, 7) is 11.9. The molecule has 3 aromatic heterocycles. The van der Waals surface area contributed by atoms with Gasteiger partial charge in [-0.2, -0.15) is 5.10 Å². The van der Waals surface area contributed by atoms with Gasteiger partial charge in [-0.3, -0.25) is 24.8 Å². The number of imidazole rings is 1. The fraction of sp³-hybridized carbons (Fsp3) is 0.387. The summed E-state index contributed by atoms with van der Waals surface area (Å²) in [6.07, 6.45) is 2.98. The molecule has 2 amide bonds. The van der Waals surface area contributed by atoms with Crippen LogP contribution in [0, 0.1) is 6.92 Å². The molecule has 12 heteroatoms. The van der Waals surface area contributed by atoms with Gasteiger partial charge in [0.2, 0.25) is 17.7 Å². The van der Waals surface area contributed by atoms with E-state index in [1.165, 1.54) is 11.6 Å². The maximum absolute atomic E-state index is 13.7. The standard InChI is InChI=1S/C31H37N9O3/c1-5-28(41)39-12-13-40-27-17-22(20-38-10-8-36(3)9-11-38)6-7-25(27)34-31(40)35-29(42)23-16-21(2)33-26(18-23)24-19-32-37(4)30(24)43-15-14-39/h5-7,16-19H,1,8-15,20H2,2-4H3,(H,34,35,42). The maximum Gasteiger partial charge on any atom is 0.258 e. The summed E-state index contributed by atoms with van der Waals surface area (Å²) in [5.41, 5.74) is 5.22. The van der Waals surface area contributed by atoms with Gasteiger partial charge in [0.25, 0.3) is 5.91 Å². The smallest absolute Gasteiger partial charge is 0.258 e. The SMILES string of the molecule is C=CC(=O)N1CCOc2c(cnn2C)-c2cc(cc(C)n2)C(=O)Nc2nc3ccc(CN4CCN(C)CC4)cc3n2CC1. The van der Waals surface area contributed by atoms with Crippen LogP contribution >= 0.6 is 0 Å². The number of carbonyl (C=O) groups excluding carboxylic acids is 2. The highest BCUT2D eigenvalue weighted by molar-refractivity contribution is 6.04. The monoisotopic (exact) mass is 583 g/mol. The van der Waals surface area contributed by atoms with Crippen molar-refractivity contribution in [2.75, 3.05) is 58.2 Å². The molecule has 0 aliphatic carbocycles. The van der Waals surface area contributed by atoms with E-state index in [1.54, 1.807) is 35.0 Å². The van der Waals surface area contributed by atoms with Crippen molar-refractivity contribution in [2.24, 2.45) is 7.05 Å². The lowest BCUT2D eigenvalue weighted by atomic mass is 10.1. The van der Waals surface area contributed by atoms with E-state index in [4.69, 9.17) is 9.72 Å². The quantitative estimate of drug-likeness (QED) is 0.366. The lowest BCUT2D eigenvalue weighted by Crippen LogP contribution is -2.43. The fourth-order valence-corrected chi connectivity index (χ4v) is 5.67. The van der Waals surface area contributed by atoms with Gasteiger partial charge in [-0.15, -0.1) is 0 Å². The Labute approximate surface area is 250 Å². The first-order valence-corrected chi connectivity index (χ1v) is 14.6. The van der Waals surface area contributed by atoms with Crippen LogP contribution in [-0.2, 0) is 24.9 Å². The van der Waals surface area contributed by atoms with Crippen LogP contribution in [0.25, 0.3) is 22.3 Å². The van der Waals surface area contributed by atoms with Crippen molar-refractivity contribution in [1.29, 1.82) is 0 Å². The number of ether oxygens (including phenoxy) is 1. The van der Waals surface area contributed by atoms with E-state index in [1.807, 2.05) is 17.6 Å². The summed E-state index contributed by atoms with van der Waals surface area (Å²) in [5.74, 6) is 0.429. The number of aryl methyl sites for hydroxylation is 2. The number of benzene rings is 1. The predicted octanol–water partition coefficient (Wildman–Crippen LogP) is 2.55. The van der Waals surface area contributed by atoms with Gasteiger partial charge in [0, 0.05) is 64.1 Å². The lowest BCUT2D eigenvalue weighted by molar-refractivity contribution is -0.126. The molecule has 6 rings (SSSR count). The van der Waals surface area contributed by atoms with E-state index >= 15 is 0 Å².